The third-order valence-corrected chi connectivity index (χ3v) is 6.32. The van der Waals surface area contributed by atoms with Crippen LogP contribution in [0.5, 0.6) is 0 Å². The highest BCUT2D eigenvalue weighted by Gasteiger charge is 2.45. The van der Waals surface area contributed by atoms with Crippen molar-refractivity contribution in [2.45, 2.75) is 38.6 Å². The van der Waals surface area contributed by atoms with Gasteiger partial charge in [0.15, 0.2) is 0 Å². The van der Waals surface area contributed by atoms with Gasteiger partial charge in [-0.25, -0.2) is 4.98 Å². The highest BCUT2D eigenvalue weighted by molar-refractivity contribution is 9.10. The van der Waals surface area contributed by atoms with Gasteiger partial charge in [0.2, 0.25) is 0 Å². The third-order valence-electron chi connectivity index (χ3n) is 5.66. The SMILES string of the molecule is CC1(C)N=C(c2ccc3ccccc3n2)c2cccc(Br)c2C1(C)C. The Morgan fingerprint density at radius 2 is 1.60 bits per heavy atom. The number of hydrogen-bond donors (Lipinski definition) is 0. The highest BCUT2D eigenvalue weighted by atomic mass is 79.9. The monoisotopic (exact) mass is 392 g/mol. The lowest BCUT2D eigenvalue weighted by atomic mass is 9.66. The first-order valence-electron chi connectivity index (χ1n) is 8.57. The summed E-state index contributed by atoms with van der Waals surface area (Å²) in [5.41, 5.74) is 5.08. The van der Waals surface area contributed by atoms with E-state index in [0.717, 1.165) is 26.8 Å². The molecule has 0 saturated carbocycles. The summed E-state index contributed by atoms with van der Waals surface area (Å²) in [7, 11) is 0. The van der Waals surface area contributed by atoms with Crippen LogP contribution in [-0.2, 0) is 5.41 Å². The quantitative estimate of drug-likeness (QED) is 0.505. The lowest BCUT2D eigenvalue weighted by molar-refractivity contribution is 0.302. The molecular weight excluding hydrogens is 372 g/mol. The number of fused-ring (bicyclic) bond motifs is 2. The van der Waals surface area contributed by atoms with Crippen molar-refractivity contribution in [2.24, 2.45) is 4.99 Å². The molecular formula is C22H21BrN2. The van der Waals surface area contributed by atoms with Gasteiger partial charge in [-0.1, -0.05) is 66.2 Å². The molecule has 0 radical (unpaired) electrons. The Bertz CT molecular complexity index is 1020. The second-order valence-electron chi connectivity index (χ2n) is 7.70. The summed E-state index contributed by atoms with van der Waals surface area (Å²) in [5, 5.41) is 1.15. The van der Waals surface area contributed by atoms with Crippen LogP contribution < -0.4 is 0 Å². The molecule has 4 rings (SSSR count). The molecule has 2 nitrogen and oxygen atoms in total. The summed E-state index contributed by atoms with van der Waals surface area (Å²) in [6, 6.07) is 18.8. The number of para-hydroxylation sites is 1. The number of aliphatic imine (C=N–C) groups is 1. The zero-order valence-electron chi connectivity index (χ0n) is 15.0. The first-order chi connectivity index (χ1) is 11.8. The minimum Gasteiger partial charge on any atom is -0.275 e. The van der Waals surface area contributed by atoms with Crippen LogP contribution in [0.4, 0.5) is 0 Å². The van der Waals surface area contributed by atoms with E-state index in [-0.39, 0.29) is 11.0 Å². The molecule has 0 atom stereocenters. The van der Waals surface area contributed by atoms with E-state index in [2.05, 4.69) is 86.1 Å². The van der Waals surface area contributed by atoms with E-state index in [0.29, 0.717) is 0 Å². The summed E-state index contributed by atoms with van der Waals surface area (Å²) < 4.78 is 1.14. The summed E-state index contributed by atoms with van der Waals surface area (Å²) in [4.78, 5) is 10.1. The number of halogens is 1. The first kappa shape index (κ1) is 16.5. The van der Waals surface area contributed by atoms with E-state index in [4.69, 9.17) is 9.98 Å². The van der Waals surface area contributed by atoms with Crippen LogP contribution in [0.2, 0.25) is 0 Å². The van der Waals surface area contributed by atoms with Crippen molar-refractivity contribution in [1.29, 1.82) is 0 Å². The van der Waals surface area contributed by atoms with E-state index < -0.39 is 0 Å². The number of aromatic nitrogens is 1. The molecule has 126 valence electrons. The van der Waals surface area contributed by atoms with Crippen LogP contribution in [0.25, 0.3) is 10.9 Å². The van der Waals surface area contributed by atoms with Crippen LogP contribution >= 0.6 is 15.9 Å². The van der Waals surface area contributed by atoms with Crippen molar-refractivity contribution in [3.8, 4) is 0 Å². The molecule has 0 bridgehead atoms. The van der Waals surface area contributed by atoms with Crippen molar-refractivity contribution in [1.82, 2.24) is 4.98 Å². The third kappa shape index (κ3) is 2.44. The van der Waals surface area contributed by atoms with Gasteiger partial charge in [0.1, 0.15) is 0 Å². The largest absolute Gasteiger partial charge is 0.275 e. The summed E-state index contributed by atoms with van der Waals surface area (Å²) in [6.07, 6.45) is 0. The summed E-state index contributed by atoms with van der Waals surface area (Å²) in [6.45, 7) is 8.95. The van der Waals surface area contributed by atoms with E-state index >= 15 is 0 Å². The molecule has 0 N–H and O–H groups in total. The molecule has 0 fully saturated rings. The van der Waals surface area contributed by atoms with Gasteiger partial charge in [0.05, 0.1) is 22.5 Å². The standard InChI is InChI=1S/C22H21BrN2/c1-21(2)19-15(9-7-10-16(19)23)20(25-22(21,3)4)18-13-12-14-8-5-6-11-17(14)24-18/h5-13H,1-4H3. The van der Waals surface area contributed by atoms with Crippen LogP contribution in [0, 0.1) is 0 Å². The lowest BCUT2D eigenvalue weighted by Crippen LogP contribution is -2.46. The Balaban J connectivity index is 2.00. The van der Waals surface area contributed by atoms with Crippen LogP contribution in [-0.4, -0.2) is 16.2 Å². The van der Waals surface area contributed by atoms with Gasteiger partial charge in [-0.05, 0) is 37.6 Å². The minimum absolute atomic E-state index is 0.0806. The molecule has 0 amide bonds. The second kappa shape index (κ2) is 5.50. The first-order valence-corrected chi connectivity index (χ1v) is 9.36. The van der Waals surface area contributed by atoms with Gasteiger partial charge in [-0.2, -0.15) is 0 Å². The normalized spacial score (nSPS) is 17.9. The van der Waals surface area contributed by atoms with Gasteiger partial charge in [-0.15, -0.1) is 0 Å². The average Bonchev–Trinajstić information content (AvgIpc) is 2.58. The molecule has 1 aliphatic rings. The fourth-order valence-corrected chi connectivity index (χ4v) is 4.40. The van der Waals surface area contributed by atoms with Gasteiger partial charge in [0, 0.05) is 20.8 Å². The fourth-order valence-electron chi connectivity index (χ4n) is 3.54. The second-order valence-corrected chi connectivity index (χ2v) is 8.55. The average molecular weight is 393 g/mol. The predicted molar refractivity (Wildman–Crippen MR) is 109 cm³/mol. The Morgan fingerprint density at radius 1 is 0.840 bits per heavy atom. The molecule has 3 aromatic rings. The lowest BCUT2D eigenvalue weighted by Gasteiger charge is -2.44. The maximum absolute atomic E-state index is 5.16. The number of pyridine rings is 1. The van der Waals surface area contributed by atoms with Gasteiger partial charge in [0.25, 0.3) is 0 Å². The molecule has 0 spiro atoms. The zero-order valence-corrected chi connectivity index (χ0v) is 16.6. The van der Waals surface area contributed by atoms with Crippen molar-refractivity contribution >= 4 is 32.5 Å². The predicted octanol–water partition coefficient (Wildman–Crippen LogP) is 5.90. The van der Waals surface area contributed by atoms with E-state index in [1.807, 2.05) is 12.1 Å². The smallest absolute Gasteiger partial charge is 0.0913 e. The summed E-state index contributed by atoms with van der Waals surface area (Å²) in [5.74, 6) is 0. The Labute approximate surface area is 157 Å². The molecule has 2 aromatic carbocycles. The van der Waals surface area contributed by atoms with Crippen LogP contribution in [0.15, 0.2) is 64.1 Å². The van der Waals surface area contributed by atoms with Crippen molar-refractivity contribution in [3.05, 3.63) is 75.9 Å². The Kier molecular flexibility index (Phi) is 3.62. The van der Waals surface area contributed by atoms with Gasteiger partial charge >= 0.3 is 0 Å². The molecule has 0 saturated heterocycles. The van der Waals surface area contributed by atoms with Crippen LogP contribution in [0.1, 0.15) is 44.5 Å². The van der Waals surface area contributed by atoms with E-state index in [9.17, 15) is 0 Å². The molecule has 0 unspecified atom stereocenters. The molecule has 1 aromatic heterocycles. The van der Waals surface area contributed by atoms with Crippen molar-refractivity contribution < 1.29 is 0 Å². The molecule has 3 heteroatoms. The maximum Gasteiger partial charge on any atom is 0.0913 e. The van der Waals surface area contributed by atoms with E-state index in [1.165, 1.54) is 11.1 Å². The number of benzene rings is 2. The zero-order chi connectivity index (χ0) is 17.8. The fraction of sp³-hybridized carbons (Fsp3) is 0.273. The van der Waals surface area contributed by atoms with Gasteiger partial charge in [-0.3, -0.25) is 4.99 Å². The van der Waals surface area contributed by atoms with Gasteiger partial charge < -0.3 is 0 Å². The number of rotatable bonds is 1. The topological polar surface area (TPSA) is 25.2 Å². The molecule has 2 heterocycles. The highest BCUT2D eigenvalue weighted by Crippen LogP contribution is 2.46. The molecule has 0 aliphatic carbocycles. The Morgan fingerprint density at radius 3 is 2.40 bits per heavy atom. The van der Waals surface area contributed by atoms with Crippen molar-refractivity contribution in [3.63, 3.8) is 0 Å². The number of nitrogens with zero attached hydrogens (tertiary/aromatic N) is 2. The Hall–Kier alpha value is -2.00. The molecule has 1 aliphatic heterocycles. The molecule has 25 heavy (non-hydrogen) atoms. The number of hydrogen-bond acceptors (Lipinski definition) is 2. The minimum atomic E-state index is -0.230. The van der Waals surface area contributed by atoms with Crippen molar-refractivity contribution in [2.75, 3.05) is 0 Å². The van der Waals surface area contributed by atoms with E-state index in [1.54, 1.807) is 0 Å². The van der Waals surface area contributed by atoms with Crippen LogP contribution in [0.3, 0.4) is 0 Å². The maximum atomic E-state index is 5.16. The summed E-state index contributed by atoms with van der Waals surface area (Å²) >= 11 is 3.77.